The van der Waals surface area contributed by atoms with Crippen LogP contribution in [0.25, 0.3) is 0 Å². The van der Waals surface area contributed by atoms with Gasteiger partial charge in [-0.2, -0.15) is 0 Å². The van der Waals surface area contributed by atoms with Gasteiger partial charge in [-0.15, -0.1) is 0 Å². The van der Waals surface area contributed by atoms with E-state index in [0.717, 1.165) is 32.2 Å². The predicted octanol–water partition coefficient (Wildman–Crippen LogP) is 1.39. The van der Waals surface area contributed by atoms with Crippen LogP contribution in [-0.2, 0) is 4.79 Å². The molecule has 20 heavy (non-hydrogen) atoms. The molecule has 1 unspecified atom stereocenters. The number of carbonyl (C=O) groups excluding carboxylic acids is 1. The van der Waals surface area contributed by atoms with Gasteiger partial charge in [-0.3, -0.25) is 4.79 Å². The normalized spacial score (nSPS) is 18.3. The number of rotatable bonds is 8. The molecule has 0 aromatic heterocycles. The van der Waals surface area contributed by atoms with E-state index in [1.807, 2.05) is 4.90 Å². The van der Waals surface area contributed by atoms with Crippen molar-refractivity contribution in [3.63, 3.8) is 0 Å². The fourth-order valence-electron chi connectivity index (χ4n) is 2.54. The van der Waals surface area contributed by atoms with E-state index in [4.69, 9.17) is 10.2 Å². The molecule has 0 spiro atoms. The highest BCUT2D eigenvalue weighted by Crippen LogP contribution is 2.21. The Bertz CT molecular complexity index is 322. The minimum Gasteiger partial charge on any atom is -0.481 e. The first-order valence-corrected chi connectivity index (χ1v) is 7.37. The number of hydrogen-bond donors (Lipinski definition) is 2. The Kier molecular flexibility index (Phi) is 7.36. The van der Waals surface area contributed by atoms with E-state index in [9.17, 15) is 9.59 Å². The Balaban J connectivity index is 2.24. The highest BCUT2D eigenvalue weighted by atomic mass is 16.4. The molecule has 1 heterocycles. The van der Waals surface area contributed by atoms with Crippen LogP contribution in [0.5, 0.6) is 0 Å². The van der Waals surface area contributed by atoms with Crippen LogP contribution >= 0.6 is 0 Å². The van der Waals surface area contributed by atoms with Crippen molar-refractivity contribution < 1.29 is 19.8 Å². The fourth-order valence-corrected chi connectivity index (χ4v) is 2.54. The van der Waals surface area contributed by atoms with E-state index in [1.165, 1.54) is 0 Å². The van der Waals surface area contributed by atoms with Gasteiger partial charge in [0.25, 0.3) is 0 Å². The van der Waals surface area contributed by atoms with E-state index >= 15 is 0 Å². The number of aliphatic carboxylic acids is 1. The topological polar surface area (TPSA) is 81.1 Å². The summed E-state index contributed by atoms with van der Waals surface area (Å²) in [6.07, 6.45) is 4.35. The molecule has 6 heteroatoms. The molecule has 2 amide bonds. The van der Waals surface area contributed by atoms with E-state index in [2.05, 4.69) is 0 Å². The summed E-state index contributed by atoms with van der Waals surface area (Å²) >= 11 is 0. The molecule has 0 bridgehead atoms. The molecule has 0 aliphatic carbocycles. The summed E-state index contributed by atoms with van der Waals surface area (Å²) in [5, 5.41) is 17.4. The number of hydrogen-bond acceptors (Lipinski definition) is 3. The van der Waals surface area contributed by atoms with E-state index in [0.29, 0.717) is 25.4 Å². The van der Waals surface area contributed by atoms with Gasteiger partial charge in [0.05, 0.1) is 0 Å². The average Bonchev–Trinajstić information content (AvgIpc) is 2.89. The van der Waals surface area contributed by atoms with Gasteiger partial charge in [0.15, 0.2) is 0 Å². The number of carboxylic acids is 1. The molecule has 116 valence electrons. The van der Waals surface area contributed by atoms with Crippen molar-refractivity contribution in [2.24, 2.45) is 5.92 Å². The summed E-state index contributed by atoms with van der Waals surface area (Å²) in [4.78, 5) is 26.3. The molecule has 0 radical (unpaired) electrons. The maximum atomic E-state index is 12.2. The van der Waals surface area contributed by atoms with E-state index in [1.54, 1.807) is 11.9 Å². The highest BCUT2D eigenvalue weighted by Gasteiger charge is 2.28. The lowest BCUT2D eigenvalue weighted by molar-refractivity contribution is -0.137. The third-order valence-electron chi connectivity index (χ3n) is 3.80. The molecular weight excluding hydrogens is 260 g/mol. The number of urea groups is 1. The summed E-state index contributed by atoms with van der Waals surface area (Å²) in [7, 11) is 1.80. The van der Waals surface area contributed by atoms with Crippen LogP contribution in [0.1, 0.15) is 38.5 Å². The summed E-state index contributed by atoms with van der Waals surface area (Å²) in [5.41, 5.74) is 0. The van der Waals surface area contributed by atoms with Crippen LogP contribution in [-0.4, -0.2) is 65.3 Å². The lowest BCUT2D eigenvalue weighted by Gasteiger charge is -2.24. The number of likely N-dealkylation sites (tertiary alicyclic amines) is 1. The second-order valence-electron chi connectivity index (χ2n) is 5.52. The minimum absolute atomic E-state index is 0.0341. The number of carboxylic acid groups (broad SMARTS) is 1. The van der Waals surface area contributed by atoms with Crippen LogP contribution in [0.3, 0.4) is 0 Å². The molecule has 2 N–H and O–H groups in total. The molecule has 0 aromatic carbocycles. The van der Waals surface area contributed by atoms with Crippen LogP contribution in [0.15, 0.2) is 0 Å². The van der Waals surface area contributed by atoms with Crippen molar-refractivity contribution in [3.05, 3.63) is 0 Å². The molecule has 0 saturated carbocycles. The van der Waals surface area contributed by atoms with Crippen molar-refractivity contribution in [2.75, 3.05) is 33.3 Å². The zero-order valence-corrected chi connectivity index (χ0v) is 12.3. The van der Waals surface area contributed by atoms with Crippen LogP contribution in [0.2, 0.25) is 0 Å². The molecule has 1 rings (SSSR count). The van der Waals surface area contributed by atoms with Crippen molar-refractivity contribution >= 4 is 12.0 Å². The van der Waals surface area contributed by atoms with Gasteiger partial charge in [-0.05, 0) is 38.0 Å². The molecule has 1 fully saturated rings. The van der Waals surface area contributed by atoms with E-state index < -0.39 is 5.97 Å². The Morgan fingerprint density at radius 1 is 1.30 bits per heavy atom. The number of carbonyl (C=O) groups is 2. The molecule has 6 nitrogen and oxygen atoms in total. The van der Waals surface area contributed by atoms with Crippen molar-refractivity contribution in [3.8, 4) is 0 Å². The highest BCUT2D eigenvalue weighted by molar-refractivity contribution is 5.74. The van der Waals surface area contributed by atoms with Gasteiger partial charge < -0.3 is 20.0 Å². The first-order valence-electron chi connectivity index (χ1n) is 7.37. The van der Waals surface area contributed by atoms with Gasteiger partial charge in [0.1, 0.15) is 0 Å². The number of amides is 2. The smallest absolute Gasteiger partial charge is 0.319 e. The predicted molar refractivity (Wildman–Crippen MR) is 75.5 cm³/mol. The van der Waals surface area contributed by atoms with Gasteiger partial charge in [-0.1, -0.05) is 0 Å². The number of nitrogens with zero attached hydrogens (tertiary/aromatic N) is 2. The third kappa shape index (κ3) is 5.77. The monoisotopic (exact) mass is 286 g/mol. The number of unbranched alkanes of at least 4 members (excludes halogenated alkanes) is 2. The standard InChI is InChI=1S/C14H26N2O4/c1-15(8-3-2-4-10-17)14(20)16-9-7-12(11-16)5-6-13(18)19/h12,17H,2-11H2,1H3,(H,18,19). The zero-order valence-electron chi connectivity index (χ0n) is 12.3. The first-order chi connectivity index (χ1) is 9.54. The zero-order chi connectivity index (χ0) is 15.0. The van der Waals surface area contributed by atoms with Crippen LogP contribution in [0, 0.1) is 5.92 Å². The Hall–Kier alpha value is -1.30. The largest absolute Gasteiger partial charge is 0.481 e. The molecule has 1 aliphatic rings. The number of aliphatic hydroxyl groups excluding tert-OH is 1. The Morgan fingerprint density at radius 2 is 2.05 bits per heavy atom. The van der Waals surface area contributed by atoms with Gasteiger partial charge >= 0.3 is 12.0 Å². The van der Waals surface area contributed by atoms with E-state index in [-0.39, 0.29) is 19.1 Å². The lowest BCUT2D eigenvalue weighted by Crippen LogP contribution is -2.40. The van der Waals surface area contributed by atoms with Crippen molar-refractivity contribution in [1.29, 1.82) is 0 Å². The van der Waals surface area contributed by atoms with Crippen molar-refractivity contribution in [2.45, 2.75) is 38.5 Å². The molecular formula is C14H26N2O4. The Morgan fingerprint density at radius 3 is 2.70 bits per heavy atom. The van der Waals surface area contributed by atoms with Gasteiger partial charge in [-0.25, -0.2) is 4.79 Å². The van der Waals surface area contributed by atoms with Gasteiger partial charge in [0.2, 0.25) is 0 Å². The fraction of sp³-hybridized carbons (Fsp3) is 0.857. The van der Waals surface area contributed by atoms with Crippen LogP contribution in [0.4, 0.5) is 4.79 Å². The quantitative estimate of drug-likeness (QED) is 0.661. The third-order valence-corrected chi connectivity index (χ3v) is 3.80. The first kappa shape index (κ1) is 16.8. The maximum Gasteiger partial charge on any atom is 0.319 e. The average molecular weight is 286 g/mol. The SMILES string of the molecule is CN(CCCCCO)C(=O)N1CCC(CCC(=O)O)C1. The molecule has 0 aromatic rings. The summed E-state index contributed by atoms with van der Waals surface area (Å²) in [6, 6.07) is 0.0341. The number of aliphatic hydroxyl groups is 1. The second kappa shape index (κ2) is 8.79. The maximum absolute atomic E-state index is 12.2. The van der Waals surface area contributed by atoms with Crippen molar-refractivity contribution in [1.82, 2.24) is 9.80 Å². The molecule has 1 saturated heterocycles. The molecule has 1 aliphatic heterocycles. The minimum atomic E-state index is -0.768. The summed E-state index contributed by atoms with van der Waals surface area (Å²) < 4.78 is 0. The van der Waals surface area contributed by atoms with Crippen LogP contribution < -0.4 is 0 Å². The second-order valence-corrected chi connectivity index (χ2v) is 5.52. The lowest BCUT2D eigenvalue weighted by atomic mass is 10.0. The summed E-state index contributed by atoms with van der Waals surface area (Å²) in [5.74, 6) is -0.450. The summed E-state index contributed by atoms with van der Waals surface area (Å²) in [6.45, 7) is 2.31. The molecule has 1 atom stereocenters. The van der Waals surface area contributed by atoms with Gasteiger partial charge in [0, 0.05) is 39.7 Å². The Labute approximate surface area is 120 Å².